The summed E-state index contributed by atoms with van der Waals surface area (Å²) in [5.41, 5.74) is 0.836. The fourth-order valence-electron chi connectivity index (χ4n) is 1.59. The van der Waals surface area contributed by atoms with Crippen LogP contribution in [0.1, 0.15) is 12.7 Å². The Hall–Kier alpha value is -1.89. The molecule has 0 bridgehead atoms. The van der Waals surface area contributed by atoms with E-state index in [4.69, 9.17) is 0 Å². The van der Waals surface area contributed by atoms with Crippen LogP contribution in [0, 0.1) is 0 Å². The van der Waals surface area contributed by atoms with Crippen molar-refractivity contribution in [2.24, 2.45) is 7.05 Å². The van der Waals surface area contributed by atoms with Gasteiger partial charge in [0, 0.05) is 12.7 Å². The number of aryl methyl sites for hydroxylation is 1. The maximum Gasteiger partial charge on any atom is 0.178 e. The van der Waals surface area contributed by atoms with E-state index in [1.165, 1.54) is 0 Å². The minimum Gasteiger partial charge on any atom is -0.378 e. The Morgan fingerprint density at radius 2 is 1.95 bits per heavy atom. The number of aromatic nitrogens is 3. The van der Waals surface area contributed by atoms with E-state index in [9.17, 15) is 8.42 Å². The summed E-state index contributed by atoms with van der Waals surface area (Å²) in [5.74, 6) is 0.796. The van der Waals surface area contributed by atoms with Gasteiger partial charge in [0.15, 0.2) is 15.7 Å². The molecule has 1 heterocycles. The molecule has 2 aromatic rings. The first-order valence-corrected chi connectivity index (χ1v) is 7.57. The number of nitrogens with one attached hydrogen (secondary N) is 1. The lowest BCUT2D eigenvalue weighted by Crippen LogP contribution is -2.05. The van der Waals surface area contributed by atoms with E-state index < -0.39 is 9.84 Å². The zero-order chi connectivity index (χ0) is 13.9. The zero-order valence-electron chi connectivity index (χ0n) is 10.9. The Labute approximate surface area is 112 Å². The van der Waals surface area contributed by atoms with Gasteiger partial charge in [-0.05, 0) is 24.3 Å². The highest BCUT2D eigenvalue weighted by atomic mass is 32.2. The first kappa shape index (κ1) is 13.5. The summed E-state index contributed by atoms with van der Waals surface area (Å²) in [6.45, 7) is 2.13. The molecule has 0 amide bonds. The van der Waals surface area contributed by atoms with Gasteiger partial charge in [0.1, 0.15) is 6.33 Å². The molecule has 0 aliphatic carbocycles. The van der Waals surface area contributed by atoms with Gasteiger partial charge in [0.25, 0.3) is 0 Å². The van der Waals surface area contributed by atoms with Gasteiger partial charge in [0.2, 0.25) is 0 Å². The van der Waals surface area contributed by atoms with E-state index in [0.29, 0.717) is 17.3 Å². The molecule has 0 unspecified atom stereocenters. The van der Waals surface area contributed by atoms with Gasteiger partial charge in [-0.2, -0.15) is 5.10 Å². The van der Waals surface area contributed by atoms with Crippen molar-refractivity contribution in [3.8, 4) is 0 Å². The summed E-state index contributed by atoms with van der Waals surface area (Å²) in [5, 5.41) is 7.28. The molecule has 6 nitrogen and oxygen atoms in total. The van der Waals surface area contributed by atoms with Crippen molar-refractivity contribution in [3.05, 3.63) is 36.4 Å². The van der Waals surface area contributed by atoms with Crippen molar-refractivity contribution in [1.82, 2.24) is 14.8 Å². The number of rotatable bonds is 5. The highest BCUT2D eigenvalue weighted by Gasteiger charge is 2.10. The Morgan fingerprint density at radius 3 is 2.47 bits per heavy atom. The van der Waals surface area contributed by atoms with Crippen LogP contribution in [-0.2, 0) is 23.4 Å². The standard InChI is InChI=1S/C12H16N4O2S/c1-3-19(17,18)11-6-4-10(5-7-11)13-8-12-14-9-16(2)15-12/h4-7,9,13H,3,8H2,1-2H3. The van der Waals surface area contributed by atoms with E-state index >= 15 is 0 Å². The Balaban J connectivity index is 2.03. The molecule has 2 rings (SSSR count). The number of hydrogen-bond acceptors (Lipinski definition) is 5. The van der Waals surface area contributed by atoms with Crippen LogP contribution in [0.15, 0.2) is 35.5 Å². The highest BCUT2D eigenvalue weighted by Crippen LogP contribution is 2.15. The molecule has 0 saturated heterocycles. The summed E-state index contributed by atoms with van der Waals surface area (Å²) in [6.07, 6.45) is 1.63. The third-order valence-corrected chi connectivity index (χ3v) is 4.44. The lowest BCUT2D eigenvalue weighted by atomic mass is 10.3. The molecule has 1 aromatic heterocycles. The minimum absolute atomic E-state index is 0.109. The van der Waals surface area contributed by atoms with Crippen LogP contribution in [0.2, 0.25) is 0 Å². The molecule has 1 aromatic carbocycles. The van der Waals surface area contributed by atoms with Crippen LogP contribution >= 0.6 is 0 Å². The van der Waals surface area contributed by atoms with Crippen molar-refractivity contribution in [2.45, 2.75) is 18.4 Å². The van der Waals surface area contributed by atoms with Crippen LogP contribution in [-0.4, -0.2) is 28.9 Å². The number of sulfone groups is 1. The first-order chi connectivity index (χ1) is 9.01. The molecule has 0 aliphatic rings. The predicted octanol–water partition coefficient (Wildman–Crippen LogP) is 1.22. The second kappa shape index (κ2) is 5.40. The number of benzene rings is 1. The van der Waals surface area contributed by atoms with Crippen molar-refractivity contribution in [1.29, 1.82) is 0 Å². The first-order valence-electron chi connectivity index (χ1n) is 5.92. The summed E-state index contributed by atoms with van der Waals surface area (Å²) >= 11 is 0. The predicted molar refractivity (Wildman–Crippen MR) is 72.5 cm³/mol. The molecule has 0 radical (unpaired) electrons. The van der Waals surface area contributed by atoms with Gasteiger partial charge in [-0.1, -0.05) is 6.92 Å². The number of nitrogens with zero attached hydrogens (tertiary/aromatic N) is 3. The number of hydrogen-bond donors (Lipinski definition) is 1. The molecular formula is C12H16N4O2S. The summed E-state index contributed by atoms with van der Waals surface area (Å²) in [6, 6.07) is 6.69. The summed E-state index contributed by atoms with van der Waals surface area (Å²) in [4.78, 5) is 4.44. The topological polar surface area (TPSA) is 76.9 Å². The lowest BCUT2D eigenvalue weighted by molar-refractivity contribution is 0.597. The number of anilines is 1. The van der Waals surface area contributed by atoms with Gasteiger partial charge < -0.3 is 5.32 Å². The summed E-state index contributed by atoms with van der Waals surface area (Å²) < 4.78 is 24.9. The molecule has 1 N–H and O–H groups in total. The molecule has 0 aliphatic heterocycles. The average Bonchev–Trinajstić information content (AvgIpc) is 2.83. The van der Waals surface area contributed by atoms with Crippen molar-refractivity contribution in [3.63, 3.8) is 0 Å². The second-order valence-electron chi connectivity index (χ2n) is 4.12. The third kappa shape index (κ3) is 3.31. The van der Waals surface area contributed by atoms with Crippen LogP contribution < -0.4 is 5.32 Å². The zero-order valence-corrected chi connectivity index (χ0v) is 11.7. The van der Waals surface area contributed by atoms with Gasteiger partial charge in [-0.25, -0.2) is 13.4 Å². The van der Waals surface area contributed by atoms with Crippen LogP contribution in [0.25, 0.3) is 0 Å². The van der Waals surface area contributed by atoms with E-state index in [0.717, 1.165) is 5.69 Å². The van der Waals surface area contributed by atoms with Gasteiger partial charge in [0.05, 0.1) is 17.2 Å². The molecule has 7 heteroatoms. The smallest absolute Gasteiger partial charge is 0.178 e. The lowest BCUT2D eigenvalue weighted by Gasteiger charge is -2.05. The maximum absolute atomic E-state index is 11.7. The van der Waals surface area contributed by atoms with Crippen LogP contribution in [0.4, 0.5) is 5.69 Å². The molecule has 0 atom stereocenters. The summed E-state index contributed by atoms with van der Waals surface area (Å²) in [7, 11) is -1.33. The van der Waals surface area contributed by atoms with E-state index in [-0.39, 0.29) is 5.75 Å². The average molecular weight is 280 g/mol. The fourth-order valence-corrected chi connectivity index (χ4v) is 2.48. The highest BCUT2D eigenvalue weighted by molar-refractivity contribution is 7.91. The van der Waals surface area contributed by atoms with Crippen LogP contribution in [0.5, 0.6) is 0 Å². The molecular weight excluding hydrogens is 264 g/mol. The van der Waals surface area contributed by atoms with E-state index in [1.807, 2.05) is 0 Å². The van der Waals surface area contributed by atoms with Gasteiger partial charge in [-0.15, -0.1) is 0 Å². The van der Waals surface area contributed by atoms with Gasteiger partial charge >= 0.3 is 0 Å². The molecule has 0 spiro atoms. The van der Waals surface area contributed by atoms with E-state index in [2.05, 4.69) is 15.4 Å². The monoisotopic (exact) mass is 280 g/mol. The second-order valence-corrected chi connectivity index (χ2v) is 6.39. The normalized spacial score (nSPS) is 11.5. The van der Waals surface area contributed by atoms with Crippen LogP contribution in [0.3, 0.4) is 0 Å². The Kier molecular flexibility index (Phi) is 3.84. The SMILES string of the molecule is CCS(=O)(=O)c1ccc(NCc2ncn(C)n2)cc1. The van der Waals surface area contributed by atoms with Gasteiger partial charge in [-0.3, -0.25) is 4.68 Å². The van der Waals surface area contributed by atoms with Crippen molar-refractivity contribution >= 4 is 15.5 Å². The minimum atomic E-state index is -3.13. The molecule has 19 heavy (non-hydrogen) atoms. The molecule has 0 saturated carbocycles. The Bertz CT molecular complexity index is 647. The largest absolute Gasteiger partial charge is 0.378 e. The van der Waals surface area contributed by atoms with Crippen molar-refractivity contribution < 1.29 is 8.42 Å². The van der Waals surface area contributed by atoms with Crippen molar-refractivity contribution in [2.75, 3.05) is 11.1 Å². The quantitative estimate of drug-likeness (QED) is 0.891. The fraction of sp³-hybridized carbons (Fsp3) is 0.333. The maximum atomic E-state index is 11.7. The van der Waals surface area contributed by atoms with E-state index in [1.54, 1.807) is 49.2 Å². The molecule has 102 valence electrons. The third-order valence-electron chi connectivity index (χ3n) is 2.69. The molecule has 0 fully saturated rings. The Morgan fingerprint density at radius 1 is 1.26 bits per heavy atom.